The van der Waals surface area contributed by atoms with Crippen molar-refractivity contribution in [2.45, 2.75) is 38.0 Å². The molecule has 2 aromatic rings. The average molecular weight is 396 g/mol. The predicted octanol–water partition coefficient (Wildman–Crippen LogP) is 3.34. The van der Waals surface area contributed by atoms with Crippen molar-refractivity contribution in [3.63, 3.8) is 0 Å². The van der Waals surface area contributed by atoms with Gasteiger partial charge in [0.1, 0.15) is 0 Å². The van der Waals surface area contributed by atoms with Gasteiger partial charge in [-0.2, -0.15) is 24.5 Å². The van der Waals surface area contributed by atoms with E-state index in [1.54, 1.807) is 16.2 Å². The lowest BCUT2D eigenvalue weighted by Crippen LogP contribution is -2.39. The third-order valence-corrected chi connectivity index (χ3v) is 6.20. The fourth-order valence-electron chi connectivity index (χ4n) is 3.88. The number of alkyl halides is 3. The molecule has 0 bridgehead atoms. The maximum absolute atomic E-state index is 13.1. The number of amides is 1. The second-order valence-electron chi connectivity index (χ2n) is 7.19. The minimum Gasteiger partial charge on any atom is -0.331 e. The molecule has 3 heterocycles. The summed E-state index contributed by atoms with van der Waals surface area (Å²) in [6.45, 7) is 2.31. The minimum atomic E-state index is -4.62. The fraction of sp³-hybridized carbons (Fsp3) is 0.500. The fourth-order valence-corrected chi connectivity index (χ4v) is 4.54. The first kappa shape index (κ1) is 18.4. The van der Waals surface area contributed by atoms with Crippen molar-refractivity contribution in [1.82, 2.24) is 20.2 Å². The molecular weight excluding hydrogens is 377 g/mol. The smallest absolute Gasteiger partial charge is 0.331 e. The van der Waals surface area contributed by atoms with Crippen LogP contribution < -0.4 is 5.32 Å². The number of hydrogen-bond donors (Lipinski definition) is 1. The van der Waals surface area contributed by atoms with E-state index in [2.05, 4.69) is 15.3 Å². The Balaban J connectivity index is 1.57. The number of carbonyl (C=O) groups excluding carboxylic acids is 1. The Morgan fingerprint density at radius 3 is 2.59 bits per heavy atom. The third-order valence-electron chi connectivity index (χ3n) is 5.47. The van der Waals surface area contributed by atoms with Crippen molar-refractivity contribution in [2.24, 2.45) is 5.41 Å². The number of thiophene rings is 1. The van der Waals surface area contributed by atoms with Gasteiger partial charge >= 0.3 is 6.18 Å². The molecule has 1 aliphatic heterocycles. The van der Waals surface area contributed by atoms with Crippen LogP contribution in [0.15, 0.2) is 29.2 Å². The van der Waals surface area contributed by atoms with Crippen molar-refractivity contribution in [2.75, 3.05) is 13.1 Å². The average Bonchev–Trinajstić information content (AvgIpc) is 3.08. The van der Waals surface area contributed by atoms with Crippen molar-refractivity contribution < 1.29 is 18.0 Å². The van der Waals surface area contributed by atoms with E-state index >= 15 is 0 Å². The van der Waals surface area contributed by atoms with Gasteiger partial charge < -0.3 is 10.2 Å². The first-order valence-corrected chi connectivity index (χ1v) is 9.75. The number of aromatic nitrogens is 2. The summed E-state index contributed by atoms with van der Waals surface area (Å²) in [5.41, 5.74) is 1.25. The zero-order valence-corrected chi connectivity index (χ0v) is 15.3. The number of nitrogens with one attached hydrogen (secondary N) is 1. The monoisotopic (exact) mass is 396 g/mol. The zero-order valence-electron chi connectivity index (χ0n) is 14.5. The molecule has 1 saturated carbocycles. The van der Waals surface area contributed by atoms with Gasteiger partial charge in [-0.15, -0.1) is 0 Å². The molecule has 0 radical (unpaired) electrons. The maximum Gasteiger partial charge on any atom is 0.451 e. The summed E-state index contributed by atoms with van der Waals surface area (Å²) in [4.78, 5) is 21.6. The van der Waals surface area contributed by atoms with Crippen molar-refractivity contribution >= 4 is 17.2 Å². The van der Waals surface area contributed by atoms with E-state index in [1.165, 1.54) is 0 Å². The molecule has 1 atom stereocenters. The Morgan fingerprint density at radius 1 is 1.30 bits per heavy atom. The van der Waals surface area contributed by atoms with E-state index < -0.39 is 12.0 Å². The Morgan fingerprint density at radius 2 is 2.00 bits per heavy atom. The van der Waals surface area contributed by atoms with Gasteiger partial charge in [0.25, 0.3) is 5.91 Å². The SMILES string of the molecule is O=C(c1cnc(C(F)(F)F)nc1)N(Cc1ccsc1)C1CC12CCNCC2. The molecule has 9 heteroatoms. The van der Waals surface area contributed by atoms with Gasteiger partial charge in [-0.05, 0) is 60.2 Å². The van der Waals surface area contributed by atoms with Gasteiger partial charge in [0.2, 0.25) is 5.82 Å². The molecule has 1 saturated heterocycles. The number of hydrogen-bond acceptors (Lipinski definition) is 5. The van der Waals surface area contributed by atoms with Crippen LogP contribution in [0, 0.1) is 5.41 Å². The molecule has 4 rings (SSSR count). The van der Waals surface area contributed by atoms with Crippen LogP contribution in [-0.2, 0) is 12.7 Å². The van der Waals surface area contributed by atoms with Crippen LogP contribution in [0.2, 0.25) is 0 Å². The van der Waals surface area contributed by atoms with E-state index in [0.717, 1.165) is 50.3 Å². The summed E-state index contributed by atoms with van der Waals surface area (Å²) < 4.78 is 38.0. The van der Waals surface area contributed by atoms with E-state index in [1.807, 2.05) is 16.8 Å². The third kappa shape index (κ3) is 3.70. The van der Waals surface area contributed by atoms with E-state index in [-0.39, 0.29) is 22.9 Å². The highest BCUT2D eigenvalue weighted by Gasteiger charge is 2.57. The molecule has 2 aliphatic rings. The van der Waals surface area contributed by atoms with Crippen LogP contribution in [0.1, 0.15) is 41.0 Å². The normalized spacial score (nSPS) is 21.2. The standard InChI is InChI=1S/C18H19F3N4OS/c19-18(20,21)16-23-8-13(9-24-16)15(26)25(10-12-1-6-27-11-12)14-7-17(14)2-4-22-5-3-17/h1,6,8-9,11,14,22H,2-5,7,10H2. The van der Waals surface area contributed by atoms with Crippen molar-refractivity contribution in [1.29, 1.82) is 0 Å². The molecule has 2 aromatic heterocycles. The highest BCUT2D eigenvalue weighted by Crippen LogP contribution is 2.56. The molecule has 1 unspecified atom stereocenters. The zero-order chi connectivity index (χ0) is 19.1. The summed E-state index contributed by atoms with van der Waals surface area (Å²) in [5.74, 6) is -1.54. The summed E-state index contributed by atoms with van der Waals surface area (Å²) in [7, 11) is 0. The molecule has 1 spiro atoms. The van der Waals surface area contributed by atoms with Crippen molar-refractivity contribution in [3.05, 3.63) is 46.2 Å². The van der Waals surface area contributed by atoms with Crippen LogP contribution in [-0.4, -0.2) is 39.9 Å². The van der Waals surface area contributed by atoms with Crippen LogP contribution in [0.3, 0.4) is 0 Å². The van der Waals surface area contributed by atoms with Crippen LogP contribution in [0.25, 0.3) is 0 Å². The lowest BCUT2D eigenvalue weighted by Gasteiger charge is -2.29. The van der Waals surface area contributed by atoms with E-state index in [9.17, 15) is 18.0 Å². The molecule has 27 heavy (non-hydrogen) atoms. The summed E-state index contributed by atoms with van der Waals surface area (Å²) in [6, 6.07) is 2.07. The first-order valence-electron chi connectivity index (χ1n) is 8.81. The first-order chi connectivity index (χ1) is 12.9. The summed E-state index contributed by atoms with van der Waals surface area (Å²) >= 11 is 1.56. The van der Waals surface area contributed by atoms with Gasteiger partial charge in [0.05, 0.1) is 5.56 Å². The Hall–Kier alpha value is -2.00. The van der Waals surface area contributed by atoms with E-state index in [4.69, 9.17) is 0 Å². The summed E-state index contributed by atoms with van der Waals surface area (Å²) in [5, 5.41) is 7.28. The highest BCUT2D eigenvalue weighted by molar-refractivity contribution is 7.07. The second-order valence-corrected chi connectivity index (χ2v) is 7.97. The summed E-state index contributed by atoms with van der Waals surface area (Å²) in [6.07, 6.45) is 0.301. The van der Waals surface area contributed by atoms with E-state index in [0.29, 0.717) is 6.54 Å². The predicted molar refractivity (Wildman–Crippen MR) is 94.2 cm³/mol. The highest BCUT2D eigenvalue weighted by atomic mass is 32.1. The Kier molecular flexibility index (Phi) is 4.67. The minimum absolute atomic E-state index is 0.0919. The molecule has 1 N–H and O–H groups in total. The molecular formula is C18H19F3N4OS. The number of carbonyl (C=O) groups is 1. The van der Waals surface area contributed by atoms with Crippen LogP contribution in [0.4, 0.5) is 13.2 Å². The quantitative estimate of drug-likeness (QED) is 0.861. The Labute approximate surface area is 158 Å². The molecule has 5 nitrogen and oxygen atoms in total. The largest absolute Gasteiger partial charge is 0.451 e. The number of nitrogens with zero attached hydrogens (tertiary/aromatic N) is 3. The van der Waals surface area contributed by atoms with Crippen LogP contribution >= 0.6 is 11.3 Å². The van der Waals surface area contributed by atoms with Crippen LogP contribution in [0.5, 0.6) is 0 Å². The van der Waals surface area contributed by atoms with Gasteiger partial charge in [-0.1, -0.05) is 0 Å². The number of piperidine rings is 1. The second kappa shape index (κ2) is 6.87. The number of rotatable bonds is 4. The van der Waals surface area contributed by atoms with Gasteiger partial charge in [-0.25, -0.2) is 9.97 Å². The molecule has 144 valence electrons. The van der Waals surface area contributed by atoms with Gasteiger partial charge in [-0.3, -0.25) is 4.79 Å². The molecule has 2 fully saturated rings. The Bertz CT molecular complexity index is 801. The molecule has 1 amide bonds. The topological polar surface area (TPSA) is 58.1 Å². The van der Waals surface area contributed by atoms with Crippen molar-refractivity contribution in [3.8, 4) is 0 Å². The molecule has 1 aliphatic carbocycles. The molecule has 0 aromatic carbocycles. The van der Waals surface area contributed by atoms with Gasteiger partial charge in [0, 0.05) is 25.0 Å². The maximum atomic E-state index is 13.1. The van der Waals surface area contributed by atoms with Gasteiger partial charge in [0.15, 0.2) is 0 Å². The number of halogens is 3. The lowest BCUT2D eigenvalue weighted by atomic mass is 9.93. The lowest BCUT2D eigenvalue weighted by molar-refractivity contribution is -0.145.